The Kier molecular flexibility index (Phi) is 12.2. The van der Waals surface area contributed by atoms with Crippen LogP contribution in [0, 0.1) is 0 Å². The molecule has 254 valence electrons. The number of hydrogen-bond acceptors (Lipinski definition) is 4. The quantitative estimate of drug-likeness (QED) is 0.153. The second-order valence-corrected chi connectivity index (χ2v) is 13.9. The van der Waals surface area contributed by atoms with Gasteiger partial charge in [-0.15, -0.1) is 0 Å². The molecule has 1 N–H and O–H groups in total. The first kappa shape index (κ1) is 36.8. The highest BCUT2D eigenvalue weighted by Gasteiger charge is 2.37. The van der Waals surface area contributed by atoms with E-state index in [1.165, 1.54) is 41.3 Å². The van der Waals surface area contributed by atoms with Crippen molar-refractivity contribution >= 4 is 50.7 Å². The maximum atomic E-state index is 14.5. The summed E-state index contributed by atoms with van der Waals surface area (Å²) < 4.78 is 70.0. The number of anilines is 1. The van der Waals surface area contributed by atoms with Crippen molar-refractivity contribution in [1.82, 2.24) is 10.2 Å². The molecule has 2 atom stereocenters. The highest BCUT2D eigenvalue weighted by atomic mass is 35.5. The molecule has 0 aliphatic heterocycles. The number of nitrogens with one attached hydrogen (secondary N) is 1. The van der Waals surface area contributed by atoms with Crippen LogP contribution >= 0.6 is 23.2 Å². The number of carbonyl (C=O) groups is 2. The lowest BCUT2D eigenvalue weighted by atomic mass is 10.0. The maximum Gasteiger partial charge on any atom is 0.416 e. The smallest absolute Gasteiger partial charge is 0.352 e. The summed E-state index contributed by atoms with van der Waals surface area (Å²) in [7, 11) is -4.58. The van der Waals surface area contributed by atoms with Gasteiger partial charge in [0.1, 0.15) is 12.6 Å². The average molecular weight is 721 g/mol. The second kappa shape index (κ2) is 15.9. The first-order chi connectivity index (χ1) is 22.7. The predicted octanol–water partition coefficient (Wildman–Crippen LogP) is 7.76. The van der Waals surface area contributed by atoms with E-state index in [0.29, 0.717) is 32.9 Å². The molecule has 4 rings (SSSR count). The summed E-state index contributed by atoms with van der Waals surface area (Å²) in [5.74, 6) is -1.35. The van der Waals surface area contributed by atoms with E-state index in [1.807, 2.05) is 13.8 Å². The van der Waals surface area contributed by atoms with Crippen LogP contribution in [0.4, 0.5) is 18.9 Å². The van der Waals surface area contributed by atoms with Crippen molar-refractivity contribution in [2.24, 2.45) is 0 Å². The fourth-order valence-electron chi connectivity index (χ4n) is 4.91. The van der Waals surface area contributed by atoms with E-state index in [1.54, 1.807) is 48.5 Å². The van der Waals surface area contributed by atoms with Crippen LogP contribution in [-0.4, -0.2) is 43.8 Å². The number of sulfonamides is 1. The lowest BCUT2D eigenvalue weighted by Gasteiger charge is -2.34. The van der Waals surface area contributed by atoms with E-state index < -0.39 is 46.2 Å². The van der Waals surface area contributed by atoms with E-state index >= 15 is 0 Å². The highest BCUT2D eigenvalue weighted by molar-refractivity contribution is 7.92. The minimum atomic E-state index is -4.78. The molecule has 13 heteroatoms. The number of nitrogens with zero attached hydrogens (tertiary/aromatic N) is 2. The minimum Gasteiger partial charge on any atom is -0.352 e. The predicted molar refractivity (Wildman–Crippen MR) is 181 cm³/mol. The van der Waals surface area contributed by atoms with Gasteiger partial charge < -0.3 is 10.2 Å². The molecule has 0 fully saturated rings. The lowest BCUT2D eigenvalue weighted by molar-refractivity contribution is -0.140. The van der Waals surface area contributed by atoms with Crippen LogP contribution in [0.25, 0.3) is 0 Å². The first-order valence-corrected chi connectivity index (χ1v) is 17.2. The molecule has 0 unspecified atom stereocenters. The maximum absolute atomic E-state index is 14.5. The largest absolute Gasteiger partial charge is 0.416 e. The third-order valence-electron chi connectivity index (χ3n) is 7.70. The van der Waals surface area contributed by atoms with E-state index in [2.05, 4.69) is 5.32 Å². The van der Waals surface area contributed by atoms with Gasteiger partial charge in [0.15, 0.2) is 0 Å². The number of halogens is 5. The normalized spacial score (nSPS) is 13.0. The van der Waals surface area contributed by atoms with E-state index in [0.717, 1.165) is 12.1 Å². The summed E-state index contributed by atoms with van der Waals surface area (Å²) in [5.41, 5.74) is -0.343. The van der Waals surface area contributed by atoms with Crippen LogP contribution in [0.2, 0.25) is 10.0 Å². The van der Waals surface area contributed by atoms with Crippen LogP contribution in [0.15, 0.2) is 108 Å². The van der Waals surface area contributed by atoms with Gasteiger partial charge >= 0.3 is 6.18 Å². The number of benzene rings is 4. The summed E-state index contributed by atoms with van der Waals surface area (Å²) >= 11 is 12.6. The van der Waals surface area contributed by atoms with Crippen molar-refractivity contribution < 1.29 is 31.2 Å². The Bertz CT molecular complexity index is 1830. The SMILES string of the molecule is CC[C@@H](C)NC(=O)[C@H](Cc1ccccc1)N(Cc1ccc(Cl)cc1Cl)C(=O)CN(c1cccc(C(F)(F)F)c1)S(=O)(=O)c1ccccc1. The Balaban J connectivity index is 1.86. The van der Waals surface area contributed by atoms with Crippen LogP contribution < -0.4 is 9.62 Å². The van der Waals surface area contributed by atoms with Gasteiger partial charge in [-0.2, -0.15) is 13.2 Å². The van der Waals surface area contributed by atoms with Crippen molar-refractivity contribution in [2.45, 2.75) is 56.4 Å². The molecule has 0 radical (unpaired) electrons. The van der Waals surface area contributed by atoms with Crippen molar-refractivity contribution in [2.75, 3.05) is 10.8 Å². The Morgan fingerprint density at radius 2 is 1.52 bits per heavy atom. The van der Waals surface area contributed by atoms with Gasteiger partial charge in [-0.1, -0.05) is 90.8 Å². The van der Waals surface area contributed by atoms with Crippen LogP contribution in [0.1, 0.15) is 37.0 Å². The fraction of sp³-hybridized carbons (Fsp3) is 0.257. The number of alkyl halides is 3. The molecule has 7 nitrogen and oxygen atoms in total. The summed E-state index contributed by atoms with van der Waals surface area (Å²) in [6.07, 6.45) is -4.14. The fourth-order valence-corrected chi connectivity index (χ4v) is 6.81. The number of amides is 2. The lowest BCUT2D eigenvalue weighted by Crippen LogP contribution is -2.54. The van der Waals surface area contributed by atoms with Gasteiger partial charge in [0.2, 0.25) is 11.8 Å². The molecule has 0 saturated carbocycles. The molecule has 0 aliphatic carbocycles. The molecule has 0 bridgehead atoms. The van der Waals surface area contributed by atoms with Crippen molar-refractivity contribution in [3.8, 4) is 0 Å². The summed E-state index contributed by atoms with van der Waals surface area (Å²) in [4.78, 5) is 29.4. The van der Waals surface area contributed by atoms with Gasteiger partial charge in [-0.3, -0.25) is 13.9 Å². The Morgan fingerprint density at radius 3 is 2.12 bits per heavy atom. The monoisotopic (exact) mass is 719 g/mol. The third-order valence-corrected chi connectivity index (χ3v) is 10.1. The van der Waals surface area contributed by atoms with Crippen LogP contribution in [0.5, 0.6) is 0 Å². The molecule has 2 amide bonds. The van der Waals surface area contributed by atoms with Crippen molar-refractivity contribution in [3.05, 3.63) is 130 Å². The molecule has 0 aromatic heterocycles. The molecular weight excluding hydrogens is 686 g/mol. The number of carbonyl (C=O) groups excluding carboxylic acids is 2. The highest BCUT2D eigenvalue weighted by Crippen LogP contribution is 2.34. The van der Waals surface area contributed by atoms with Gasteiger partial charge in [-0.05, 0) is 66.9 Å². The minimum absolute atomic E-state index is 0.0506. The van der Waals surface area contributed by atoms with Crippen molar-refractivity contribution in [3.63, 3.8) is 0 Å². The van der Waals surface area contributed by atoms with Gasteiger partial charge in [-0.25, -0.2) is 8.42 Å². The average Bonchev–Trinajstić information content (AvgIpc) is 3.06. The Hall–Kier alpha value is -4.06. The molecule has 0 saturated heterocycles. The number of hydrogen-bond donors (Lipinski definition) is 1. The topological polar surface area (TPSA) is 86.8 Å². The summed E-state index contributed by atoms with van der Waals surface area (Å²) in [6.45, 7) is 2.53. The van der Waals surface area contributed by atoms with Gasteiger partial charge in [0.25, 0.3) is 10.0 Å². The molecular formula is C35H34Cl2F3N3O4S. The first-order valence-electron chi connectivity index (χ1n) is 15.0. The van der Waals surface area contributed by atoms with E-state index in [-0.39, 0.29) is 34.6 Å². The molecule has 4 aromatic carbocycles. The third kappa shape index (κ3) is 9.30. The standard InChI is InChI=1S/C35H34Cl2F3N3O4S/c1-3-24(2)41-34(45)32(19-25-11-6-4-7-12-25)42(22-26-17-18-28(36)21-31(26)37)33(44)23-43(48(46,47)30-15-8-5-9-16-30)29-14-10-13-27(20-29)35(38,39)40/h4-18,20-21,24,32H,3,19,22-23H2,1-2H3,(H,41,45)/t24-,32+/m1/s1. The van der Waals surface area contributed by atoms with Gasteiger partial charge in [0.05, 0.1) is 16.1 Å². The van der Waals surface area contributed by atoms with E-state index in [4.69, 9.17) is 23.2 Å². The summed E-state index contributed by atoms with van der Waals surface area (Å²) in [5, 5.41) is 3.45. The zero-order valence-electron chi connectivity index (χ0n) is 26.1. The molecule has 48 heavy (non-hydrogen) atoms. The van der Waals surface area contributed by atoms with Crippen LogP contribution in [-0.2, 0) is 38.8 Å². The number of rotatable bonds is 13. The van der Waals surface area contributed by atoms with Gasteiger partial charge in [0, 0.05) is 29.1 Å². The molecule has 4 aromatic rings. The molecule has 0 spiro atoms. The zero-order valence-corrected chi connectivity index (χ0v) is 28.5. The Morgan fingerprint density at radius 1 is 0.875 bits per heavy atom. The molecule has 0 aliphatic rings. The Labute approximate surface area is 288 Å². The van der Waals surface area contributed by atoms with E-state index in [9.17, 15) is 31.2 Å². The zero-order chi connectivity index (χ0) is 35.1. The van der Waals surface area contributed by atoms with Crippen LogP contribution in [0.3, 0.4) is 0 Å². The molecule has 0 heterocycles. The second-order valence-electron chi connectivity index (χ2n) is 11.2. The summed E-state index contributed by atoms with van der Waals surface area (Å²) in [6, 6.07) is 22.9. The van der Waals surface area contributed by atoms with Crippen molar-refractivity contribution in [1.29, 1.82) is 0 Å².